The molecule has 0 aromatic carbocycles. The largest absolute Gasteiger partial charge is 0.380 e. The molecule has 1 atom stereocenters. The Kier molecular flexibility index (Phi) is 3.65. The molecule has 2 rings (SSSR count). The molecule has 0 aromatic heterocycles. The summed E-state index contributed by atoms with van der Waals surface area (Å²) in [6.07, 6.45) is 3.18. The first-order valence-corrected chi connectivity index (χ1v) is 6.40. The van der Waals surface area contributed by atoms with E-state index in [2.05, 4.69) is 18.7 Å². The Balaban J connectivity index is 1.86. The first-order valence-electron chi connectivity index (χ1n) is 6.40. The zero-order valence-corrected chi connectivity index (χ0v) is 10.5. The molecule has 3 nitrogen and oxygen atoms in total. The lowest BCUT2D eigenvalue weighted by molar-refractivity contribution is -0.131. The minimum absolute atomic E-state index is 0.127. The van der Waals surface area contributed by atoms with Crippen molar-refractivity contribution in [2.24, 2.45) is 11.3 Å². The fourth-order valence-corrected chi connectivity index (χ4v) is 2.86. The van der Waals surface area contributed by atoms with E-state index in [1.54, 1.807) is 0 Å². The average Bonchev–Trinajstić information content (AvgIpc) is 2.20. The normalized spacial score (nSPS) is 31.6. The lowest BCUT2D eigenvalue weighted by atomic mass is 9.83. The molecule has 0 aliphatic carbocycles. The summed E-state index contributed by atoms with van der Waals surface area (Å²) in [7, 11) is 0. The molecule has 2 saturated heterocycles. The van der Waals surface area contributed by atoms with Crippen molar-refractivity contribution < 1.29 is 9.53 Å². The van der Waals surface area contributed by atoms with Crippen molar-refractivity contribution in [3.05, 3.63) is 0 Å². The van der Waals surface area contributed by atoms with Crippen molar-refractivity contribution in [3.63, 3.8) is 0 Å². The summed E-state index contributed by atoms with van der Waals surface area (Å²) >= 11 is 0. The van der Waals surface area contributed by atoms with Crippen LogP contribution in [0.4, 0.5) is 0 Å². The number of likely N-dealkylation sites (tertiary alicyclic amines) is 1. The van der Waals surface area contributed by atoms with Gasteiger partial charge in [0.05, 0.1) is 19.1 Å². The zero-order valence-electron chi connectivity index (χ0n) is 10.5. The van der Waals surface area contributed by atoms with Crippen LogP contribution in [-0.4, -0.2) is 43.5 Å². The molecule has 0 N–H and O–H groups in total. The van der Waals surface area contributed by atoms with E-state index < -0.39 is 0 Å². The van der Waals surface area contributed by atoms with E-state index in [4.69, 9.17) is 4.74 Å². The van der Waals surface area contributed by atoms with E-state index in [0.717, 1.165) is 19.6 Å². The van der Waals surface area contributed by atoms with Gasteiger partial charge in [0.15, 0.2) is 0 Å². The lowest BCUT2D eigenvalue weighted by Gasteiger charge is -2.39. The quantitative estimate of drug-likeness (QED) is 0.716. The van der Waals surface area contributed by atoms with Crippen molar-refractivity contribution in [3.8, 4) is 0 Å². The first kappa shape index (κ1) is 12.1. The fraction of sp³-hybridized carbons (Fsp3) is 0.923. The van der Waals surface area contributed by atoms with Crippen LogP contribution in [0.3, 0.4) is 0 Å². The Labute approximate surface area is 98.1 Å². The number of hydrogen-bond acceptors (Lipinski definition) is 3. The third-order valence-corrected chi connectivity index (χ3v) is 3.73. The molecule has 0 aromatic rings. The van der Waals surface area contributed by atoms with Gasteiger partial charge < -0.3 is 9.64 Å². The van der Waals surface area contributed by atoms with Crippen LogP contribution in [0.25, 0.3) is 0 Å². The molecular weight excluding hydrogens is 202 g/mol. The van der Waals surface area contributed by atoms with Crippen LogP contribution in [0.15, 0.2) is 0 Å². The maximum atomic E-state index is 11.7. The molecular formula is C13H23NO2. The Morgan fingerprint density at radius 1 is 1.50 bits per heavy atom. The molecule has 2 fully saturated rings. The number of carbonyl (C=O) groups excluding carboxylic acids is 1. The van der Waals surface area contributed by atoms with Crippen LogP contribution in [0.1, 0.15) is 33.1 Å². The molecule has 0 saturated carbocycles. The van der Waals surface area contributed by atoms with Crippen molar-refractivity contribution in [2.45, 2.75) is 33.1 Å². The van der Waals surface area contributed by atoms with Gasteiger partial charge in [0.25, 0.3) is 0 Å². The maximum absolute atomic E-state index is 11.7. The second-order valence-electron chi connectivity index (χ2n) is 5.99. The molecule has 0 bridgehead atoms. The standard InChI is InChI=1S/C13H23NO2/c1-13(2)5-3-6-14(10-13)8-11-9-16-7-4-12(11)15/h11H,3-10H2,1-2H3. The monoisotopic (exact) mass is 225 g/mol. The molecule has 2 aliphatic rings. The lowest BCUT2D eigenvalue weighted by Crippen LogP contribution is -2.45. The van der Waals surface area contributed by atoms with E-state index in [0.29, 0.717) is 30.8 Å². The molecule has 0 spiro atoms. The molecule has 2 aliphatic heterocycles. The van der Waals surface area contributed by atoms with Crippen LogP contribution in [0, 0.1) is 11.3 Å². The molecule has 1 unspecified atom stereocenters. The molecule has 0 radical (unpaired) electrons. The second-order valence-corrected chi connectivity index (χ2v) is 5.99. The highest BCUT2D eigenvalue weighted by molar-refractivity contribution is 5.82. The Morgan fingerprint density at radius 2 is 2.31 bits per heavy atom. The molecule has 16 heavy (non-hydrogen) atoms. The van der Waals surface area contributed by atoms with Gasteiger partial charge in [-0.3, -0.25) is 4.79 Å². The number of ether oxygens (including phenoxy) is 1. The summed E-state index contributed by atoms with van der Waals surface area (Å²) in [5, 5.41) is 0. The predicted molar refractivity (Wildman–Crippen MR) is 63.4 cm³/mol. The number of Topliss-reactive ketones (excluding diaryl/α,β-unsaturated/α-hetero) is 1. The zero-order chi connectivity index (χ0) is 11.6. The van der Waals surface area contributed by atoms with E-state index in [1.165, 1.54) is 12.8 Å². The van der Waals surface area contributed by atoms with Crippen LogP contribution >= 0.6 is 0 Å². The predicted octanol–water partition coefficient (Wildman–Crippen LogP) is 1.71. The van der Waals surface area contributed by atoms with Gasteiger partial charge in [0, 0.05) is 19.5 Å². The van der Waals surface area contributed by atoms with Gasteiger partial charge in [-0.25, -0.2) is 0 Å². The van der Waals surface area contributed by atoms with Crippen molar-refractivity contribution >= 4 is 5.78 Å². The number of rotatable bonds is 2. The summed E-state index contributed by atoms with van der Waals surface area (Å²) in [5.41, 5.74) is 0.414. The molecule has 92 valence electrons. The van der Waals surface area contributed by atoms with Gasteiger partial charge in [-0.05, 0) is 24.8 Å². The van der Waals surface area contributed by atoms with E-state index in [-0.39, 0.29) is 5.92 Å². The minimum Gasteiger partial charge on any atom is -0.380 e. The van der Waals surface area contributed by atoms with E-state index in [9.17, 15) is 4.79 Å². The number of nitrogens with zero attached hydrogens (tertiary/aromatic N) is 1. The molecule has 2 heterocycles. The fourth-order valence-electron chi connectivity index (χ4n) is 2.86. The molecule has 3 heteroatoms. The van der Waals surface area contributed by atoms with Crippen LogP contribution in [-0.2, 0) is 9.53 Å². The minimum atomic E-state index is 0.127. The van der Waals surface area contributed by atoms with Crippen LogP contribution in [0.2, 0.25) is 0 Å². The highest BCUT2D eigenvalue weighted by Crippen LogP contribution is 2.29. The summed E-state index contributed by atoms with van der Waals surface area (Å²) in [6, 6.07) is 0. The van der Waals surface area contributed by atoms with E-state index >= 15 is 0 Å². The van der Waals surface area contributed by atoms with Gasteiger partial charge in [0.2, 0.25) is 0 Å². The second kappa shape index (κ2) is 4.84. The Hall–Kier alpha value is -0.410. The van der Waals surface area contributed by atoms with Crippen LogP contribution in [0.5, 0.6) is 0 Å². The van der Waals surface area contributed by atoms with E-state index in [1.807, 2.05) is 0 Å². The van der Waals surface area contributed by atoms with Gasteiger partial charge >= 0.3 is 0 Å². The number of ketones is 1. The summed E-state index contributed by atoms with van der Waals surface area (Å²) in [5.74, 6) is 0.525. The first-order chi connectivity index (χ1) is 7.57. The third kappa shape index (κ3) is 3.05. The average molecular weight is 225 g/mol. The maximum Gasteiger partial charge on any atom is 0.141 e. The van der Waals surface area contributed by atoms with Gasteiger partial charge in [-0.15, -0.1) is 0 Å². The Morgan fingerprint density at radius 3 is 3.00 bits per heavy atom. The van der Waals surface area contributed by atoms with Gasteiger partial charge in [0.1, 0.15) is 5.78 Å². The number of piperidine rings is 1. The highest BCUT2D eigenvalue weighted by Gasteiger charge is 2.30. The van der Waals surface area contributed by atoms with Crippen molar-refractivity contribution in [1.82, 2.24) is 4.90 Å². The smallest absolute Gasteiger partial charge is 0.141 e. The van der Waals surface area contributed by atoms with Gasteiger partial charge in [-0.2, -0.15) is 0 Å². The summed E-state index contributed by atoms with van der Waals surface area (Å²) in [4.78, 5) is 14.2. The number of hydrogen-bond donors (Lipinski definition) is 0. The SMILES string of the molecule is CC1(C)CCCN(CC2COCCC2=O)C1. The van der Waals surface area contributed by atoms with Crippen LogP contribution < -0.4 is 0 Å². The van der Waals surface area contributed by atoms with Crippen molar-refractivity contribution in [1.29, 1.82) is 0 Å². The summed E-state index contributed by atoms with van der Waals surface area (Å²) < 4.78 is 5.40. The third-order valence-electron chi connectivity index (χ3n) is 3.73. The Bertz CT molecular complexity index is 263. The number of carbonyl (C=O) groups is 1. The topological polar surface area (TPSA) is 29.5 Å². The van der Waals surface area contributed by atoms with Gasteiger partial charge in [-0.1, -0.05) is 13.8 Å². The molecule has 0 amide bonds. The highest BCUT2D eigenvalue weighted by atomic mass is 16.5. The van der Waals surface area contributed by atoms with Crippen molar-refractivity contribution in [2.75, 3.05) is 32.8 Å². The summed E-state index contributed by atoms with van der Waals surface area (Å²) in [6.45, 7) is 9.07.